The highest BCUT2D eigenvalue weighted by Crippen LogP contribution is 2.28. The molecule has 0 fully saturated rings. The minimum absolute atomic E-state index is 0.165. The number of thiazole rings is 1. The van der Waals surface area contributed by atoms with E-state index < -0.39 is 5.69 Å². The number of hydrogen-bond acceptors (Lipinski definition) is 7. The first kappa shape index (κ1) is 19.3. The molecule has 0 spiro atoms. The predicted octanol–water partition coefficient (Wildman–Crippen LogP) is 1.58. The lowest BCUT2D eigenvalue weighted by Crippen LogP contribution is -2.33. The first-order valence-corrected chi connectivity index (χ1v) is 10.0. The number of nitrogens with zero attached hydrogens (tertiary/aromatic N) is 6. The monoisotopic (exact) mass is 431 g/mol. The Bertz CT molecular complexity index is 1240. The number of carbonyl (C=O) groups excluding carboxylic acids is 1. The Balaban J connectivity index is 1.49. The van der Waals surface area contributed by atoms with Gasteiger partial charge in [-0.3, -0.25) is 4.79 Å². The first-order chi connectivity index (χ1) is 13.9. The molecule has 0 bridgehead atoms. The molecule has 11 heteroatoms. The van der Waals surface area contributed by atoms with Crippen molar-refractivity contribution < 1.29 is 4.79 Å². The summed E-state index contributed by atoms with van der Waals surface area (Å²) < 4.78 is 3.18. The summed E-state index contributed by atoms with van der Waals surface area (Å²) in [5, 5.41) is 8.58. The van der Waals surface area contributed by atoms with Gasteiger partial charge in [0.2, 0.25) is 5.91 Å². The maximum absolute atomic E-state index is 12.6. The van der Waals surface area contributed by atoms with Crippen LogP contribution in [0, 0.1) is 0 Å². The van der Waals surface area contributed by atoms with Gasteiger partial charge >= 0.3 is 5.69 Å². The molecule has 4 rings (SSSR count). The van der Waals surface area contributed by atoms with Crippen molar-refractivity contribution >= 4 is 50.0 Å². The molecule has 0 saturated carbocycles. The summed E-state index contributed by atoms with van der Waals surface area (Å²) in [6.45, 7) is 0.289. The van der Waals surface area contributed by atoms with E-state index in [1.54, 1.807) is 0 Å². The van der Waals surface area contributed by atoms with Gasteiger partial charge < -0.3 is 10.2 Å². The number of benzene rings is 1. The molecule has 0 atom stereocenters. The van der Waals surface area contributed by atoms with E-state index in [-0.39, 0.29) is 12.5 Å². The van der Waals surface area contributed by atoms with E-state index in [1.165, 1.54) is 22.1 Å². The maximum atomic E-state index is 12.6. The summed E-state index contributed by atoms with van der Waals surface area (Å²) in [4.78, 5) is 35.4. The molecule has 150 valence electrons. The second-order valence-corrected chi connectivity index (χ2v) is 8.06. The van der Waals surface area contributed by atoms with Crippen molar-refractivity contribution in [1.82, 2.24) is 29.5 Å². The van der Waals surface area contributed by atoms with Crippen LogP contribution in [0.5, 0.6) is 0 Å². The highest BCUT2D eigenvalue weighted by molar-refractivity contribution is 7.22. The Labute approximate surface area is 174 Å². The normalized spacial score (nSPS) is 11.3. The Hall–Kier alpha value is -2.98. The van der Waals surface area contributed by atoms with Gasteiger partial charge in [0.15, 0.2) is 16.4 Å². The molecule has 0 unspecified atom stereocenters. The van der Waals surface area contributed by atoms with Gasteiger partial charge in [0, 0.05) is 25.7 Å². The SMILES string of the molecule is CN(C)c1nc2ncn3c(=O)n(CC(=O)NCCc4ccc(Cl)cc4)nc3c2s1. The van der Waals surface area contributed by atoms with Crippen LogP contribution in [0.1, 0.15) is 5.56 Å². The number of hydrogen-bond donors (Lipinski definition) is 1. The third kappa shape index (κ3) is 3.94. The number of anilines is 1. The summed E-state index contributed by atoms with van der Waals surface area (Å²) in [6, 6.07) is 7.45. The van der Waals surface area contributed by atoms with Gasteiger partial charge in [0.05, 0.1) is 0 Å². The molecule has 0 aliphatic heterocycles. The molecular weight excluding hydrogens is 414 g/mol. The fraction of sp³-hybridized carbons (Fsp3) is 0.278. The minimum atomic E-state index is -0.415. The second-order valence-electron chi connectivity index (χ2n) is 6.65. The van der Waals surface area contributed by atoms with Crippen LogP contribution in [0.2, 0.25) is 5.02 Å². The molecule has 3 heterocycles. The lowest BCUT2D eigenvalue weighted by molar-refractivity contribution is -0.121. The van der Waals surface area contributed by atoms with Crippen molar-refractivity contribution in [3.05, 3.63) is 51.7 Å². The highest BCUT2D eigenvalue weighted by Gasteiger charge is 2.17. The van der Waals surface area contributed by atoms with Crippen LogP contribution in [0.3, 0.4) is 0 Å². The van der Waals surface area contributed by atoms with Gasteiger partial charge in [0.25, 0.3) is 0 Å². The molecule has 0 radical (unpaired) electrons. The standard InChI is InChI=1S/C18H18ClN7O2S/c1-24(2)17-22-15-14(29-17)16-23-26(18(28)25(16)10-21-15)9-13(27)20-8-7-11-3-5-12(19)6-4-11/h3-6,10H,7-9H2,1-2H3,(H,20,27). The summed E-state index contributed by atoms with van der Waals surface area (Å²) in [5.74, 6) is -0.285. The van der Waals surface area contributed by atoms with Gasteiger partial charge in [-0.2, -0.15) is 4.98 Å². The van der Waals surface area contributed by atoms with E-state index in [0.717, 1.165) is 15.4 Å². The van der Waals surface area contributed by atoms with E-state index in [9.17, 15) is 9.59 Å². The Morgan fingerprint density at radius 3 is 2.76 bits per heavy atom. The quantitative estimate of drug-likeness (QED) is 0.497. The fourth-order valence-electron chi connectivity index (χ4n) is 2.81. The Kier molecular flexibility index (Phi) is 5.20. The molecule has 3 aromatic heterocycles. The molecule has 0 aliphatic carbocycles. The number of carbonyl (C=O) groups is 1. The van der Waals surface area contributed by atoms with Gasteiger partial charge in [-0.05, 0) is 24.1 Å². The first-order valence-electron chi connectivity index (χ1n) is 8.85. The number of amides is 1. The summed E-state index contributed by atoms with van der Waals surface area (Å²) in [5.41, 5.74) is 1.62. The summed E-state index contributed by atoms with van der Waals surface area (Å²) in [7, 11) is 3.77. The van der Waals surface area contributed by atoms with Crippen LogP contribution in [0.25, 0.3) is 16.0 Å². The predicted molar refractivity (Wildman–Crippen MR) is 113 cm³/mol. The molecule has 1 N–H and O–H groups in total. The van der Waals surface area contributed by atoms with Crippen molar-refractivity contribution in [3.63, 3.8) is 0 Å². The molecule has 1 amide bonds. The molecule has 1 aromatic carbocycles. The zero-order valence-electron chi connectivity index (χ0n) is 15.8. The number of nitrogens with one attached hydrogen (secondary N) is 1. The average Bonchev–Trinajstić information content (AvgIpc) is 3.25. The van der Waals surface area contributed by atoms with Crippen LogP contribution in [0.15, 0.2) is 35.4 Å². The minimum Gasteiger partial charge on any atom is -0.354 e. The van der Waals surface area contributed by atoms with Crippen molar-refractivity contribution in [2.75, 3.05) is 25.5 Å². The van der Waals surface area contributed by atoms with Crippen molar-refractivity contribution in [1.29, 1.82) is 0 Å². The largest absolute Gasteiger partial charge is 0.354 e. The molecular formula is C18H18ClN7O2S. The Morgan fingerprint density at radius 1 is 1.28 bits per heavy atom. The zero-order chi connectivity index (χ0) is 20.5. The van der Waals surface area contributed by atoms with Crippen LogP contribution in [0.4, 0.5) is 5.13 Å². The molecule has 9 nitrogen and oxygen atoms in total. The topological polar surface area (TPSA) is 97.4 Å². The van der Waals surface area contributed by atoms with E-state index in [0.29, 0.717) is 34.0 Å². The highest BCUT2D eigenvalue weighted by atomic mass is 35.5. The van der Waals surface area contributed by atoms with Gasteiger partial charge in [-0.1, -0.05) is 35.1 Å². The zero-order valence-corrected chi connectivity index (χ0v) is 17.4. The average molecular weight is 432 g/mol. The lowest BCUT2D eigenvalue weighted by Gasteiger charge is -2.05. The number of aromatic nitrogens is 5. The third-order valence-corrected chi connectivity index (χ3v) is 5.75. The molecule has 0 saturated heterocycles. The van der Waals surface area contributed by atoms with E-state index >= 15 is 0 Å². The Morgan fingerprint density at radius 2 is 2.03 bits per heavy atom. The lowest BCUT2D eigenvalue weighted by atomic mass is 10.1. The summed E-state index contributed by atoms with van der Waals surface area (Å²) in [6.07, 6.45) is 2.06. The number of fused-ring (bicyclic) bond motifs is 3. The van der Waals surface area contributed by atoms with Gasteiger partial charge in [0.1, 0.15) is 17.6 Å². The van der Waals surface area contributed by atoms with Crippen molar-refractivity contribution in [3.8, 4) is 0 Å². The van der Waals surface area contributed by atoms with E-state index in [2.05, 4.69) is 20.4 Å². The number of rotatable bonds is 6. The fourth-order valence-corrected chi connectivity index (χ4v) is 3.85. The molecule has 4 aromatic rings. The van der Waals surface area contributed by atoms with Crippen LogP contribution < -0.4 is 15.9 Å². The second kappa shape index (κ2) is 7.80. The van der Waals surface area contributed by atoms with Gasteiger partial charge in [-0.25, -0.2) is 18.9 Å². The van der Waals surface area contributed by atoms with Crippen molar-refractivity contribution in [2.45, 2.75) is 13.0 Å². The van der Waals surface area contributed by atoms with Crippen LogP contribution in [-0.4, -0.2) is 50.7 Å². The summed E-state index contributed by atoms with van der Waals surface area (Å²) >= 11 is 7.26. The number of halogens is 1. The smallest absolute Gasteiger partial charge is 0.352 e. The third-order valence-electron chi connectivity index (χ3n) is 4.29. The van der Waals surface area contributed by atoms with Crippen LogP contribution in [-0.2, 0) is 17.8 Å². The van der Waals surface area contributed by atoms with Crippen LogP contribution >= 0.6 is 22.9 Å². The van der Waals surface area contributed by atoms with Crippen molar-refractivity contribution in [2.24, 2.45) is 0 Å². The van der Waals surface area contributed by atoms with E-state index in [4.69, 9.17) is 11.6 Å². The molecule has 0 aliphatic rings. The maximum Gasteiger partial charge on any atom is 0.352 e. The van der Waals surface area contributed by atoms with E-state index in [1.807, 2.05) is 43.3 Å². The molecule has 29 heavy (non-hydrogen) atoms. The van der Waals surface area contributed by atoms with Gasteiger partial charge in [-0.15, -0.1) is 5.10 Å².